The van der Waals surface area contributed by atoms with Crippen LogP contribution in [-0.2, 0) is 19.2 Å². The summed E-state index contributed by atoms with van der Waals surface area (Å²) in [5.41, 5.74) is 0. The summed E-state index contributed by atoms with van der Waals surface area (Å²) in [6, 6.07) is 0. The maximum atomic E-state index is 10.8. The molecule has 0 aromatic rings. The van der Waals surface area contributed by atoms with Gasteiger partial charge in [-0.1, -0.05) is 51.0 Å². The first-order chi connectivity index (χ1) is 22.9. The van der Waals surface area contributed by atoms with E-state index in [1.54, 1.807) is 0 Å². The quantitative estimate of drug-likeness (QED) is 0.0346. The molecule has 0 aliphatic carbocycles. The van der Waals surface area contributed by atoms with Crippen molar-refractivity contribution in [3.8, 4) is 0 Å². The number of aliphatic hydroxyl groups is 2. The second-order valence-corrected chi connectivity index (χ2v) is 12.7. The van der Waals surface area contributed by atoms with Gasteiger partial charge in [0.25, 0.3) is 0 Å². The van der Waals surface area contributed by atoms with E-state index in [-0.39, 0.29) is 76.6 Å². The predicted octanol–water partition coefficient (Wildman–Crippen LogP) is 2.27. The Hall–Kier alpha value is -1.54. The maximum Gasteiger partial charge on any atom is 2.00 e. The standard InChI is InChI=1S/2C18H33NO5.Ca/c2*1-2-3-4-5-6-7-12-19(15-16-20,13-8-10-17(21)22)14-9-11-18(23)24;/h2*4-5,20H,2-3,6-16H2,1H3,(H-,21,22,23,24);/q;;+2/b2*5-4+;. The topological polar surface area (TPSA) is 195 Å². The molecular weight excluding hydrogens is 660 g/mol. The summed E-state index contributed by atoms with van der Waals surface area (Å²) >= 11 is 0. The Labute approximate surface area is 325 Å². The summed E-state index contributed by atoms with van der Waals surface area (Å²) in [5, 5.41) is 57.8. The molecule has 280 valence electrons. The van der Waals surface area contributed by atoms with Crippen molar-refractivity contribution in [2.75, 3.05) is 65.6 Å². The van der Waals surface area contributed by atoms with Crippen molar-refractivity contribution in [1.29, 1.82) is 0 Å². The van der Waals surface area contributed by atoms with E-state index >= 15 is 0 Å². The fourth-order valence-corrected chi connectivity index (χ4v) is 5.91. The minimum absolute atomic E-state index is 0. The second kappa shape index (κ2) is 34.9. The number of carbonyl (C=O) groups is 4. The molecule has 0 fully saturated rings. The third-order valence-corrected chi connectivity index (χ3v) is 8.47. The zero-order chi connectivity index (χ0) is 36.5. The molecule has 49 heavy (non-hydrogen) atoms. The number of allylic oxidation sites excluding steroid dienone is 4. The number of carbonyl (C=O) groups excluding carboxylic acids is 2. The van der Waals surface area contributed by atoms with Crippen LogP contribution in [0.4, 0.5) is 0 Å². The van der Waals surface area contributed by atoms with Gasteiger partial charge in [0.05, 0.1) is 65.3 Å². The Morgan fingerprint density at radius 2 is 0.776 bits per heavy atom. The van der Waals surface area contributed by atoms with Gasteiger partial charge in [-0.2, -0.15) is 0 Å². The van der Waals surface area contributed by atoms with Crippen molar-refractivity contribution in [3.63, 3.8) is 0 Å². The number of carboxylic acid groups (broad SMARTS) is 4. The molecule has 0 bridgehead atoms. The number of quaternary nitrogens is 2. The molecule has 0 heterocycles. The molecule has 0 saturated heterocycles. The number of carboxylic acids is 4. The van der Waals surface area contributed by atoms with Crippen LogP contribution in [0.15, 0.2) is 24.3 Å². The molecule has 13 heteroatoms. The van der Waals surface area contributed by atoms with E-state index in [2.05, 4.69) is 38.2 Å². The van der Waals surface area contributed by atoms with Crippen LogP contribution in [0.25, 0.3) is 0 Å². The van der Waals surface area contributed by atoms with Crippen LogP contribution in [0.1, 0.15) is 117 Å². The van der Waals surface area contributed by atoms with Gasteiger partial charge in [0.2, 0.25) is 0 Å². The zero-order valence-electron chi connectivity index (χ0n) is 30.5. The second-order valence-electron chi connectivity index (χ2n) is 12.7. The van der Waals surface area contributed by atoms with Gasteiger partial charge in [0, 0.05) is 50.5 Å². The summed E-state index contributed by atoms with van der Waals surface area (Å²) in [6.07, 6.45) is 19.1. The van der Waals surface area contributed by atoms with E-state index in [1.807, 2.05) is 0 Å². The van der Waals surface area contributed by atoms with Gasteiger partial charge < -0.3 is 49.2 Å². The molecular formula is C36H66CaN2O10+2. The van der Waals surface area contributed by atoms with Crippen LogP contribution in [0.2, 0.25) is 0 Å². The Balaban J connectivity index is -0.000000846. The van der Waals surface area contributed by atoms with Gasteiger partial charge in [-0.15, -0.1) is 0 Å². The summed E-state index contributed by atoms with van der Waals surface area (Å²) in [6.45, 7) is 9.58. The Kier molecular flexibility index (Phi) is 36.9. The fraction of sp³-hybridized carbons (Fsp3) is 0.778. The molecule has 0 aromatic carbocycles. The van der Waals surface area contributed by atoms with E-state index in [1.165, 1.54) is 0 Å². The summed E-state index contributed by atoms with van der Waals surface area (Å²) in [7, 11) is 0. The van der Waals surface area contributed by atoms with E-state index in [0.717, 1.165) is 64.5 Å². The van der Waals surface area contributed by atoms with Crippen molar-refractivity contribution in [2.24, 2.45) is 0 Å². The predicted molar refractivity (Wildman–Crippen MR) is 188 cm³/mol. The molecule has 0 aliphatic rings. The van der Waals surface area contributed by atoms with Gasteiger partial charge >= 0.3 is 49.7 Å². The van der Waals surface area contributed by atoms with Crippen molar-refractivity contribution < 1.29 is 58.8 Å². The fourth-order valence-electron chi connectivity index (χ4n) is 5.91. The summed E-state index contributed by atoms with van der Waals surface area (Å²) in [5.74, 6) is -3.78. The van der Waals surface area contributed by atoms with Crippen molar-refractivity contribution in [3.05, 3.63) is 24.3 Å². The monoisotopic (exact) mass is 726 g/mol. The Morgan fingerprint density at radius 1 is 0.490 bits per heavy atom. The third-order valence-electron chi connectivity index (χ3n) is 8.47. The van der Waals surface area contributed by atoms with Crippen LogP contribution >= 0.6 is 0 Å². The largest absolute Gasteiger partial charge is 2.00 e. The number of aliphatic hydroxyl groups excluding tert-OH is 2. The first kappa shape index (κ1) is 51.8. The van der Waals surface area contributed by atoms with Crippen LogP contribution in [0.3, 0.4) is 0 Å². The Bertz CT molecular complexity index is 802. The number of hydrogen-bond acceptors (Lipinski definition) is 8. The maximum absolute atomic E-state index is 10.8. The molecule has 2 unspecified atom stereocenters. The van der Waals surface area contributed by atoms with Gasteiger partial charge in [-0.25, -0.2) is 0 Å². The molecule has 12 nitrogen and oxygen atoms in total. The van der Waals surface area contributed by atoms with Crippen molar-refractivity contribution in [2.45, 2.75) is 117 Å². The molecule has 0 rings (SSSR count). The molecule has 0 radical (unpaired) electrons. The summed E-state index contributed by atoms with van der Waals surface area (Å²) < 4.78 is 1.16. The first-order valence-electron chi connectivity index (χ1n) is 18.0. The zero-order valence-corrected chi connectivity index (χ0v) is 32.7. The molecule has 0 aliphatic heterocycles. The van der Waals surface area contributed by atoms with Crippen LogP contribution in [0.5, 0.6) is 0 Å². The SMILES string of the molecule is CCC/C=C/CCC[N+](CCO)(CCCC(=O)[O-])CCCC(=O)O.CCC/C=C/CCC[N+](CCO)(CCCC(=O)[O-])CCCC(=O)O.[Ca+2]. The van der Waals surface area contributed by atoms with Gasteiger partial charge in [-0.05, 0) is 38.5 Å². The van der Waals surface area contributed by atoms with Gasteiger partial charge in [0.15, 0.2) is 0 Å². The number of rotatable bonds is 32. The minimum Gasteiger partial charge on any atom is -0.550 e. The molecule has 0 amide bonds. The van der Waals surface area contributed by atoms with E-state index in [9.17, 15) is 39.6 Å². The smallest absolute Gasteiger partial charge is 0.550 e. The number of hydrogen-bond donors (Lipinski definition) is 4. The van der Waals surface area contributed by atoms with Gasteiger partial charge in [-0.3, -0.25) is 9.59 Å². The van der Waals surface area contributed by atoms with E-state index < -0.39 is 23.9 Å². The third kappa shape index (κ3) is 33.4. The molecule has 0 spiro atoms. The molecule has 4 N–H and O–H groups in total. The van der Waals surface area contributed by atoms with Crippen LogP contribution < -0.4 is 10.2 Å². The molecule has 2 atom stereocenters. The number of aliphatic carboxylic acids is 4. The van der Waals surface area contributed by atoms with E-state index in [4.69, 9.17) is 10.2 Å². The number of nitrogens with zero attached hydrogens (tertiary/aromatic N) is 2. The van der Waals surface area contributed by atoms with Crippen LogP contribution in [-0.4, -0.2) is 157 Å². The molecule has 0 saturated carbocycles. The van der Waals surface area contributed by atoms with Crippen LogP contribution in [0, 0.1) is 0 Å². The Morgan fingerprint density at radius 3 is 1.04 bits per heavy atom. The van der Waals surface area contributed by atoms with E-state index in [0.29, 0.717) is 73.9 Å². The average Bonchev–Trinajstić information content (AvgIpc) is 3.00. The normalized spacial score (nSPS) is 13.6. The molecule has 0 aromatic heterocycles. The van der Waals surface area contributed by atoms with Gasteiger partial charge in [0.1, 0.15) is 13.1 Å². The van der Waals surface area contributed by atoms with Crippen molar-refractivity contribution in [1.82, 2.24) is 0 Å². The minimum atomic E-state index is -1.06. The first-order valence-corrected chi connectivity index (χ1v) is 18.0. The average molecular weight is 727 g/mol. The number of unbranched alkanes of at least 4 members (excludes halogenated alkanes) is 4. The van der Waals surface area contributed by atoms with Crippen molar-refractivity contribution >= 4 is 61.6 Å². The summed E-state index contributed by atoms with van der Waals surface area (Å²) in [4.78, 5) is 42.8.